The Labute approximate surface area is 123 Å². The lowest BCUT2D eigenvalue weighted by molar-refractivity contribution is 0.199. The molecule has 0 aliphatic heterocycles. The number of phenolic OH excluding ortho intramolecular Hbond substituents is 1. The number of hydrogen-bond acceptors (Lipinski definition) is 4. The Morgan fingerprint density at radius 3 is 2.90 bits per heavy atom. The molecule has 0 amide bonds. The molecule has 0 aliphatic carbocycles. The van der Waals surface area contributed by atoms with Crippen LogP contribution in [0.25, 0.3) is 21.9 Å². The number of ether oxygens (including phenoxy) is 1. The van der Waals surface area contributed by atoms with Gasteiger partial charge in [-0.1, -0.05) is 6.92 Å². The fourth-order valence-electron chi connectivity index (χ4n) is 2.70. The molecule has 0 atom stereocenters. The predicted octanol–water partition coefficient (Wildman–Crippen LogP) is 2.89. The highest BCUT2D eigenvalue weighted by atomic mass is 16.5. The highest BCUT2D eigenvalue weighted by Crippen LogP contribution is 2.27. The number of phenols is 1. The molecule has 0 saturated carbocycles. The number of imidazole rings is 1. The molecule has 2 aromatic heterocycles. The van der Waals surface area contributed by atoms with E-state index >= 15 is 0 Å². The highest BCUT2D eigenvalue weighted by molar-refractivity contribution is 6.02. The first kappa shape index (κ1) is 13.8. The van der Waals surface area contributed by atoms with Crippen molar-refractivity contribution in [3.63, 3.8) is 0 Å². The van der Waals surface area contributed by atoms with Crippen LogP contribution in [-0.4, -0.2) is 33.4 Å². The van der Waals surface area contributed by atoms with E-state index in [0.717, 1.165) is 47.1 Å². The molecule has 0 bridgehead atoms. The van der Waals surface area contributed by atoms with Gasteiger partial charge in [-0.2, -0.15) is 0 Å². The van der Waals surface area contributed by atoms with Gasteiger partial charge in [0, 0.05) is 31.5 Å². The smallest absolute Gasteiger partial charge is 0.117 e. The molecule has 0 aliphatic rings. The lowest BCUT2D eigenvalue weighted by Gasteiger charge is -2.09. The molecular formula is C16H19N3O2. The zero-order chi connectivity index (χ0) is 14.8. The molecule has 21 heavy (non-hydrogen) atoms. The van der Waals surface area contributed by atoms with Crippen LogP contribution < -0.4 is 0 Å². The summed E-state index contributed by atoms with van der Waals surface area (Å²) in [5.41, 5.74) is 2.78. The van der Waals surface area contributed by atoms with E-state index in [2.05, 4.69) is 16.5 Å². The lowest BCUT2D eigenvalue weighted by atomic mass is 10.2. The van der Waals surface area contributed by atoms with Crippen molar-refractivity contribution < 1.29 is 9.84 Å². The molecule has 2 heterocycles. The molecule has 0 spiro atoms. The fraction of sp³-hybridized carbons (Fsp3) is 0.375. The van der Waals surface area contributed by atoms with Gasteiger partial charge in [-0.3, -0.25) is 4.98 Å². The topological polar surface area (TPSA) is 60.2 Å². The maximum Gasteiger partial charge on any atom is 0.117 e. The number of fused-ring (bicyclic) bond motifs is 3. The minimum Gasteiger partial charge on any atom is -0.508 e. The van der Waals surface area contributed by atoms with E-state index < -0.39 is 0 Å². The summed E-state index contributed by atoms with van der Waals surface area (Å²) < 4.78 is 7.42. The zero-order valence-electron chi connectivity index (χ0n) is 12.3. The van der Waals surface area contributed by atoms with Gasteiger partial charge in [0.15, 0.2) is 0 Å². The Morgan fingerprint density at radius 2 is 2.14 bits per heavy atom. The number of aryl methyl sites for hydroxylation is 1. The Hall–Kier alpha value is -2.14. The van der Waals surface area contributed by atoms with Crippen LogP contribution in [0.5, 0.6) is 5.75 Å². The van der Waals surface area contributed by atoms with Crippen LogP contribution in [0.2, 0.25) is 0 Å². The standard InChI is InChI=1S/C16H19N3O2/c1-3-7-19-15(6-8-21-2)18-14-10-17-13-9-11(20)4-5-12(13)16(14)19/h4-5,9-10,20H,3,6-8H2,1-2H3. The van der Waals surface area contributed by atoms with Gasteiger partial charge in [-0.15, -0.1) is 0 Å². The molecule has 5 nitrogen and oxygen atoms in total. The summed E-state index contributed by atoms with van der Waals surface area (Å²) in [4.78, 5) is 9.10. The van der Waals surface area contributed by atoms with Gasteiger partial charge >= 0.3 is 0 Å². The minimum absolute atomic E-state index is 0.232. The van der Waals surface area contributed by atoms with Gasteiger partial charge in [0.05, 0.1) is 23.8 Å². The molecule has 0 fully saturated rings. The molecule has 1 aromatic carbocycles. The van der Waals surface area contributed by atoms with Crippen LogP contribution >= 0.6 is 0 Å². The van der Waals surface area contributed by atoms with Gasteiger partial charge in [0.1, 0.15) is 17.1 Å². The van der Waals surface area contributed by atoms with E-state index in [1.165, 1.54) is 0 Å². The van der Waals surface area contributed by atoms with E-state index in [9.17, 15) is 5.11 Å². The molecule has 0 saturated heterocycles. The van der Waals surface area contributed by atoms with Crippen molar-refractivity contribution in [1.82, 2.24) is 14.5 Å². The number of aromatic hydroxyl groups is 1. The van der Waals surface area contributed by atoms with Gasteiger partial charge in [0.2, 0.25) is 0 Å². The summed E-state index contributed by atoms with van der Waals surface area (Å²) in [5, 5.41) is 10.6. The molecule has 3 rings (SSSR count). The molecule has 0 unspecified atom stereocenters. The first-order valence-corrected chi connectivity index (χ1v) is 7.20. The SMILES string of the molecule is CCCn1c(CCOC)nc2cnc3cc(O)ccc3c21. The van der Waals surface area contributed by atoms with Gasteiger partial charge < -0.3 is 14.4 Å². The zero-order valence-corrected chi connectivity index (χ0v) is 12.3. The first-order chi connectivity index (χ1) is 10.2. The Kier molecular flexibility index (Phi) is 3.75. The van der Waals surface area contributed by atoms with Crippen LogP contribution in [-0.2, 0) is 17.7 Å². The average Bonchev–Trinajstić information content (AvgIpc) is 2.83. The van der Waals surface area contributed by atoms with Crippen LogP contribution in [0.3, 0.4) is 0 Å². The second-order valence-corrected chi connectivity index (χ2v) is 5.12. The Balaban J connectivity index is 2.26. The molecule has 5 heteroatoms. The summed E-state index contributed by atoms with van der Waals surface area (Å²) in [5.74, 6) is 1.26. The highest BCUT2D eigenvalue weighted by Gasteiger charge is 2.13. The number of hydrogen-bond donors (Lipinski definition) is 1. The van der Waals surface area contributed by atoms with E-state index in [1.54, 1.807) is 25.4 Å². The average molecular weight is 285 g/mol. The number of pyridine rings is 1. The van der Waals surface area contributed by atoms with Gasteiger partial charge in [-0.05, 0) is 18.6 Å². The van der Waals surface area contributed by atoms with Crippen LogP contribution in [0.15, 0.2) is 24.4 Å². The number of methoxy groups -OCH3 is 1. The molecule has 1 N–H and O–H groups in total. The van der Waals surface area contributed by atoms with E-state index in [0.29, 0.717) is 6.61 Å². The van der Waals surface area contributed by atoms with E-state index in [4.69, 9.17) is 9.72 Å². The van der Waals surface area contributed by atoms with Gasteiger partial charge in [0.25, 0.3) is 0 Å². The van der Waals surface area contributed by atoms with Crippen molar-refractivity contribution in [2.45, 2.75) is 26.3 Å². The van der Waals surface area contributed by atoms with Crippen molar-refractivity contribution in [3.8, 4) is 5.75 Å². The molecule has 3 aromatic rings. The molecule has 0 radical (unpaired) electrons. The Bertz CT molecular complexity index is 780. The number of rotatable bonds is 5. The summed E-state index contributed by atoms with van der Waals surface area (Å²) in [7, 11) is 1.70. The fourth-order valence-corrected chi connectivity index (χ4v) is 2.70. The van der Waals surface area contributed by atoms with Crippen molar-refractivity contribution in [2.75, 3.05) is 13.7 Å². The third-order valence-corrected chi connectivity index (χ3v) is 3.61. The second-order valence-electron chi connectivity index (χ2n) is 5.12. The van der Waals surface area contributed by atoms with Crippen LogP contribution in [0.4, 0.5) is 0 Å². The van der Waals surface area contributed by atoms with Crippen molar-refractivity contribution in [3.05, 3.63) is 30.2 Å². The van der Waals surface area contributed by atoms with Crippen LogP contribution in [0, 0.1) is 0 Å². The molecule has 110 valence electrons. The van der Waals surface area contributed by atoms with E-state index in [1.807, 2.05) is 6.07 Å². The van der Waals surface area contributed by atoms with Crippen LogP contribution in [0.1, 0.15) is 19.2 Å². The van der Waals surface area contributed by atoms with Crippen molar-refractivity contribution in [2.24, 2.45) is 0 Å². The largest absolute Gasteiger partial charge is 0.508 e. The number of aromatic nitrogens is 3. The minimum atomic E-state index is 0.232. The summed E-state index contributed by atoms with van der Waals surface area (Å²) >= 11 is 0. The predicted molar refractivity (Wildman–Crippen MR) is 82.6 cm³/mol. The maximum absolute atomic E-state index is 9.62. The second kappa shape index (κ2) is 5.69. The number of benzene rings is 1. The van der Waals surface area contributed by atoms with Crippen molar-refractivity contribution >= 4 is 21.9 Å². The monoisotopic (exact) mass is 285 g/mol. The van der Waals surface area contributed by atoms with Gasteiger partial charge in [-0.25, -0.2) is 4.98 Å². The Morgan fingerprint density at radius 1 is 1.29 bits per heavy atom. The third kappa shape index (κ3) is 2.45. The first-order valence-electron chi connectivity index (χ1n) is 7.20. The molecular weight excluding hydrogens is 266 g/mol. The maximum atomic E-state index is 9.62. The summed E-state index contributed by atoms with van der Waals surface area (Å²) in [6.45, 7) is 3.72. The summed E-state index contributed by atoms with van der Waals surface area (Å²) in [6, 6.07) is 5.29. The van der Waals surface area contributed by atoms with E-state index in [-0.39, 0.29) is 5.75 Å². The lowest BCUT2D eigenvalue weighted by Crippen LogP contribution is -2.06. The summed E-state index contributed by atoms with van der Waals surface area (Å²) in [6.07, 6.45) is 3.59. The normalized spacial score (nSPS) is 11.5. The quantitative estimate of drug-likeness (QED) is 0.783. The number of nitrogens with zero attached hydrogens (tertiary/aromatic N) is 3. The third-order valence-electron chi connectivity index (χ3n) is 3.61. The van der Waals surface area contributed by atoms with Crippen molar-refractivity contribution in [1.29, 1.82) is 0 Å².